The zero-order chi connectivity index (χ0) is 20.2. The highest BCUT2D eigenvalue weighted by molar-refractivity contribution is 5.94. The van der Waals surface area contributed by atoms with Gasteiger partial charge in [-0.1, -0.05) is 24.3 Å². The number of fused-ring (bicyclic) bond motifs is 2. The highest BCUT2D eigenvalue weighted by Gasteiger charge is 2.40. The van der Waals surface area contributed by atoms with Crippen LogP contribution < -0.4 is 10.6 Å². The molecule has 0 aliphatic carbocycles. The Kier molecular flexibility index (Phi) is 6.21. The Morgan fingerprint density at radius 2 is 1.62 bits per heavy atom. The first-order valence-corrected chi connectivity index (χ1v) is 10.4. The summed E-state index contributed by atoms with van der Waals surface area (Å²) in [6, 6.07) is 14.4. The number of nitrogens with one attached hydrogen (secondary N) is 2. The average molecular weight is 399 g/mol. The Morgan fingerprint density at radius 1 is 0.966 bits per heavy atom. The lowest BCUT2D eigenvalue weighted by Gasteiger charge is -2.39. The van der Waals surface area contributed by atoms with Gasteiger partial charge in [0.2, 0.25) is 0 Å². The average Bonchev–Trinajstić information content (AvgIpc) is 2.96. The molecule has 154 valence electrons. The molecule has 2 heterocycles. The van der Waals surface area contributed by atoms with Gasteiger partial charge in [-0.05, 0) is 49.9 Å². The number of carbonyl (C=O) groups excluding carboxylic acids is 1. The summed E-state index contributed by atoms with van der Waals surface area (Å²) in [5.41, 5.74) is 0.796. The second-order valence-corrected chi connectivity index (χ2v) is 8.01. The number of hydrogen-bond acceptors (Lipinski definition) is 3. The molecule has 0 radical (unpaired) electrons. The van der Waals surface area contributed by atoms with Crippen molar-refractivity contribution in [1.82, 2.24) is 15.5 Å². The standard InChI is InChI=1S/C23H27F2N3O/c24-21-7-4-8-22(25)20(21)15-26-11-12-28-18-9-10-19(28)14-17(13-18)27-23(29)16-5-2-1-3-6-16/h1-8,17-19,26H,9-15H2,(H,27,29). The molecule has 0 aromatic heterocycles. The first-order valence-electron chi connectivity index (χ1n) is 10.4. The third-order valence-corrected chi connectivity index (χ3v) is 6.17. The Morgan fingerprint density at radius 3 is 2.28 bits per heavy atom. The number of piperidine rings is 1. The highest BCUT2D eigenvalue weighted by Crippen LogP contribution is 2.35. The topological polar surface area (TPSA) is 44.4 Å². The van der Waals surface area contributed by atoms with Crippen LogP contribution in [0.5, 0.6) is 0 Å². The first kappa shape index (κ1) is 20.0. The summed E-state index contributed by atoms with van der Waals surface area (Å²) in [4.78, 5) is 14.9. The van der Waals surface area contributed by atoms with E-state index in [-0.39, 0.29) is 24.1 Å². The van der Waals surface area contributed by atoms with Gasteiger partial charge in [-0.2, -0.15) is 0 Å². The van der Waals surface area contributed by atoms with Crippen LogP contribution in [0, 0.1) is 11.6 Å². The lowest BCUT2D eigenvalue weighted by molar-refractivity contribution is 0.0847. The Hall–Kier alpha value is -2.31. The number of carbonyl (C=O) groups is 1. The molecule has 2 N–H and O–H groups in total. The van der Waals surface area contributed by atoms with Crippen LogP contribution in [0.1, 0.15) is 41.6 Å². The van der Waals surface area contributed by atoms with Crippen molar-refractivity contribution in [2.75, 3.05) is 13.1 Å². The quantitative estimate of drug-likeness (QED) is 0.701. The summed E-state index contributed by atoms with van der Waals surface area (Å²) in [7, 11) is 0. The minimum atomic E-state index is -0.507. The number of halogens is 2. The largest absolute Gasteiger partial charge is 0.349 e. The zero-order valence-electron chi connectivity index (χ0n) is 16.4. The predicted octanol–water partition coefficient (Wildman–Crippen LogP) is 3.48. The van der Waals surface area contributed by atoms with E-state index in [2.05, 4.69) is 15.5 Å². The van der Waals surface area contributed by atoms with Crippen molar-refractivity contribution in [3.63, 3.8) is 0 Å². The van der Waals surface area contributed by atoms with Gasteiger partial charge < -0.3 is 10.6 Å². The minimum Gasteiger partial charge on any atom is -0.349 e. The first-order chi connectivity index (χ1) is 14.1. The van der Waals surface area contributed by atoms with Crippen LogP contribution in [0.15, 0.2) is 48.5 Å². The van der Waals surface area contributed by atoms with Crippen molar-refractivity contribution in [1.29, 1.82) is 0 Å². The van der Waals surface area contributed by atoms with Crippen LogP contribution >= 0.6 is 0 Å². The molecule has 2 atom stereocenters. The molecule has 2 aliphatic rings. The zero-order valence-corrected chi connectivity index (χ0v) is 16.4. The lowest BCUT2D eigenvalue weighted by atomic mass is 9.97. The van der Waals surface area contributed by atoms with Crippen LogP contribution in [0.3, 0.4) is 0 Å². The van der Waals surface area contributed by atoms with Gasteiger partial charge in [0.05, 0.1) is 0 Å². The van der Waals surface area contributed by atoms with E-state index >= 15 is 0 Å². The number of nitrogens with zero attached hydrogens (tertiary/aromatic N) is 1. The summed E-state index contributed by atoms with van der Waals surface area (Å²) in [6.07, 6.45) is 4.20. The fraction of sp³-hybridized carbons (Fsp3) is 0.435. The predicted molar refractivity (Wildman–Crippen MR) is 109 cm³/mol. The van der Waals surface area contributed by atoms with Gasteiger partial charge in [0.15, 0.2) is 0 Å². The molecule has 0 spiro atoms. The lowest BCUT2D eigenvalue weighted by Crippen LogP contribution is -2.51. The fourth-order valence-corrected chi connectivity index (χ4v) is 4.74. The van der Waals surface area contributed by atoms with E-state index in [9.17, 15) is 13.6 Å². The van der Waals surface area contributed by atoms with Gasteiger partial charge in [-0.3, -0.25) is 9.69 Å². The molecule has 2 aromatic rings. The van der Waals surface area contributed by atoms with Crippen molar-refractivity contribution in [3.8, 4) is 0 Å². The maximum Gasteiger partial charge on any atom is 0.251 e. The van der Waals surface area contributed by atoms with Crippen LogP contribution in [-0.4, -0.2) is 42.0 Å². The van der Waals surface area contributed by atoms with Crippen LogP contribution in [0.25, 0.3) is 0 Å². The summed E-state index contributed by atoms with van der Waals surface area (Å²) in [5.74, 6) is -1.02. The van der Waals surface area contributed by atoms with Gasteiger partial charge >= 0.3 is 0 Å². The monoisotopic (exact) mass is 399 g/mol. The van der Waals surface area contributed by atoms with E-state index in [0.29, 0.717) is 24.2 Å². The molecule has 2 aromatic carbocycles. The molecule has 2 aliphatic heterocycles. The van der Waals surface area contributed by atoms with E-state index < -0.39 is 11.6 Å². The van der Waals surface area contributed by atoms with Gasteiger partial charge in [-0.15, -0.1) is 0 Å². The van der Waals surface area contributed by atoms with Crippen molar-refractivity contribution < 1.29 is 13.6 Å². The summed E-state index contributed by atoms with van der Waals surface area (Å²) in [6.45, 7) is 1.73. The number of benzene rings is 2. The van der Waals surface area contributed by atoms with Crippen molar-refractivity contribution in [2.24, 2.45) is 0 Å². The fourth-order valence-electron chi connectivity index (χ4n) is 4.74. The van der Waals surface area contributed by atoms with Gasteiger partial charge in [0.25, 0.3) is 5.91 Å². The van der Waals surface area contributed by atoms with Crippen molar-refractivity contribution in [3.05, 3.63) is 71.3 Å². The summed E-state index contributed by atoms with van der Waals surface area (Å²) >= 11 is 0. The van der Waals surface area contributed by atoms with Crippen LogP contribution in [0.4, 0.5) is 8.78 Å². The van der Waals surface area contributed by atoms with Crippen LogP contribution in [-0.2, 0) is 6.54 Å². The second-order valence-electron chi connectivity index (χ2n) is 8.01. The maximum atomic E-state index is 13.7. The second kappa shape index (κ2) is 9.01. The molecular weight excluding hydrogens is 372 g/mol. The Bertz CT molecular complexity index is 811. The molecule has 2 unspecified atom stereocenters. The summed E-state index contributed by atoms with van der Waals surface area (Å²) in [5, 5.41) is 6.37. The Labute approximate surface area is 170 Å². The van der Waals surface area contributed by atoms with E-state index in [0.717, 1.165) is 32.2 Å². The molecule has 0 saturated carbocycles. The minimum absolute atomic E-state index is 0.00275. The van der Waals surface area contributed by atoms with Gasteiger partial charge in [0, 0.05) is 48.9 Å². The SMILES string of the molecule is O=C(NC1CC2CCC(C1)N2CCNCc1c(F)cccc1F)c1ccccc1. The molecule has 29 heavy (non-hydrogen) atoms. The van der Waals surface area contributed by atoms with E-state index in [1.807, 2.05) is 30.3 Å². The molecule has 2 fully saturated rings. The highest BCUT2D eigenvalue weighted by atomic mass is 19.1. The van der Waals surface area contributed by atoms with E-state index in [1.54, 1.807) is 0 Å². The number of rotatable bonds is 7. The van der Waals surface area contributed by atoms with Gasteiger partial charge in [0.1, 0.15) is 11.6 Å². The summed E-state index contributed by atoms with van der Waals surface area (Å²) < 4.78 is 27.4. The molecule has 1 amide bonds. The molecular formula is C23H27F2N3O. The van der Waals surface area contributed by atoms with Crippen LogP contribution in [0.2, 0.25) is 0 Å². The van der Waals surface area contributed by atoms with Gasteiger partial charge in [-0.25, -0.2) is 8.78 Å². The normalized spacial score (nSPS) is 23.9. The third kappa shape index (κ3) is 4.65. The Balaban J connectivity index is 1.25. The molecule has 4 rings (SSSR count). The molecule has 2 saturated heterocycles. The molecule has 2 bridgehead atoms. The van der Waals surface area contributed by atoms with Crippen molar-refractivity contribution in [2.45, 2.75) is 50.4 Å². The molecule has 4 nitrogen and oxygen atoms in total. The third-order valence-electron chi connectivity index (χ3n) is 6.17. The van der Waals surface area contributed by atoms with E-state index in [4.69, 9.17) is 0 Å². The number of amides is 1. The molecule has 6 heteroatoms. The van der Waals surface area contributed by atoms with E-state index in [1.165, 1.54) is 18.2 Å². The maximum absolute atomic E-state index is 13.7. The van der Waals surface area contributed by atoms with Crippen molar-refractivity contribution >= 4 is 5.91 Å². The number of hydrogen-bond donors (Lipinski definition) is 2. The smallest absolute Gasteiger partial charge is 0.251 e.